The lowest BCUT2D eigenvalue weighted by Crippen LogP contribution is -2.53. The largest absolute Gasteiger partial charge is 0.508 e. The maximum atomic E-state index is 14.0. The summed E-state index contributed by atoms with van der Waals surface area (Å²) < 4.78 is 25.5. The second-order valence-corrected chi connectivity index (χ2v) is 14.4. The van der Waals surface area contributed by atoms with Crippen LogP contribution in [0.2, 0.25) is 0 Å². The Balaban J connectivity index is 1.18. The third-order valence-electron chi connectivity index (χ3n) is 9.33. The lowest BCUT2D eigenvalue weighted by molar-refractivity contribution is -0.146. The Labute approximate surface area is 242 Å². The average Bonchev–Trinajstić information content (AvgIpc) is 2.94. The predicted octanol–water partition coefficient (Wildman–Crippen LogP) is 7.75. The van der Waals surface area contributed by atoms with Gasteiger partial charge in [-0.3, -0.25) is 9.36 Å². The third kappa shape index (κ3) is 5.77. The molecule has 1 atom stereocenters. The summed E-state index contributed by atoms with van der Waals surface area (Å²) in [4.78, 5) is 13.4. The Morgan fingerprint density at radius 3 is 2.10 bits per heavy atom. The Morgan fingerprint density at radius 2 is 1.49 bits per heavy atom. The number of aromatic hydroxyl groups is 1. The summed E-state index contributed by atoms with van der Waals surface area (Å²) >= 11 is 0. The van der Waals surface area contributed by atoms with Gasteiger partial charge < -0.3 is 24.8 Å². The lowest BCUT2D eigenvalue weighted by atomic mass is 9.49. The van der Waals surface area contributed by atoms with Crippen molar-refractivity contribution in [1.82, 2.24) is 5.32 Å². The Kier molecular flexibility index (Phi) is 7.88. The van der Waals surface area contributed by atoms with Crippen molar-refractivity contribution in [3.8, 4) is 5.75 Å². The number of amides is 1. The van der Waals surface area contributed by atoms with Crippen molar-refractivity contribution < 1.29 is 23.5 Å². The molecule has 4 aliphatic carbocycles. The van der Waals surface area contributed by atoms with Gasteiger partial charge in [0.15, 0.2) is 5.78 Å². The highest BCUT2D eigenvalue weighted by Crippen LogP contribution is 2.61. The van der Waals surface area contributed by atoms with E-state index in [-0.39, 0.29) is 30.3 Å². The van der Waals surface area contributed by atoms with E-state index in [2.05, 4.69) is 10.6 Å². The first-order valence-corrected chi connectivity index (χ1v) is 16.7. The van der Waals surface area contributed by atoms with Crippen molar-refractivity contribution in [1.29, 1.82) is 0 Å². The fraction of sp³-hybridized carbons (Fsp3) is 0.485. The maximum Gasteiger partial charge on any atom is 0.357 e. The zero-order chi connectivity index (χ0) is 28.6. The number of benzene rings is 3. The zero-order valence-electron chi connectivity index (χ0n) is 24.0. The number of anilines is 1. The van der Waals surface area contributed by atoms with Crippen molar-refractivity contribution in [3.63, 3.8) is 0 Å². The van der Waals surface area contributed by atoms with Crippen LogP contribution < -0.4 is 10.6 Å². The summed E-state index contributed by atoms with van der Waals surface area (Å²) in [6.07, 6.45) is 7.15. The van der Waals surface area contributed by atoms with Crippen LogP contribution >= 0.6 is 7.60 Å². The molecule has 3 aromatic rings. The first-order valence-electron chi connectivity index (χ1n) is 15.0. The molecule has 4 aliphatic rings. The summed E-state index contributed by atoms with van der Waals surface area (Å²) in [5.41, 5.74) is 2.41. The number of phenols is 1. The maximum absolute atomic E-state index is 14.0. The smallest absolute Gasteiger partial charge is 0.357 e. The van der Waals surface area contributed by atoms with Gasteiger partial charge >= 0.3 is 7.60 Å². The molecule has 0 aliphatic heterocycles. The van der Waals surface area contributed by atoms with Crippen molar-refractivity contribution in [2.24, 2.45) is 23.2 Å². The normalized spacial score (nSPS) is 25.8. The summed E-state index contributed by atoms with van der Waals surface area (Å²) in [5, 5.41) is 18.3. The first-order chi connectivity index (χ1) is 19.8. The van der Waals surface area contributed by atoms with Crippen LogP contribution in [0.5, 0.6) is 5.75 Å². The second kappa shape index (κ2) is 11.4. The van der Waals surface area contributed by atoms with Crippen LogP contribution in [0, 0.1) is 23.2 Å². The number of hydrogen-bond donors (Lipinski definition) is 3. The van der Waals surface area contributed by atoms with Crippen molar-refractivity contribution in [2.75, 3.05) is 18.5 Å². The van der Waals surface area contributed by atoms with Crippen LogP contribution in [0.3, 0.4) is 0 Å². The summed E-state index contributed by atoms with van der Waals surface area (Å²) in [7, 11) is -3.59. The van der Waals surface area contributed by atoms with E-state index >= 15 is 0 Å². The van der Waals surface area contributed by atoms with Gasteiger partial charge in [0, 0.05) is 17.6 Å². The SMILES string of the molecule is CCOP(=O)(OCC)C(Nc1ccc(CNC(=O)C23CC4CC(CC(C4)C2)C3)cc1)c1ccc2cc(O)ccc2c1. The van der Waals surface area contributed by atoms with E-state index < -0.39 is 13.4 Å². The first kappa shape index (κ1) is 28.3. The molecule has 0 spiro atoms. The van der Waals surface area contributed by atoms with Gasteiger partial charge in [-0.05, 0) is 122 Å². The quantitative estimate of drug-likeness (QED) is 0.202. The van der Waals surface area contributed by atoms with Crippen LogP contribution in [0.4, 0.5) is 5.69 Å². The summed E-state index contributed by atoms with van der Waals surface area (Å²) in [6.45, 7) is 4.60. The number of hydrogen-bond acceptors (Lipinski definition) is 6. The molecule has 3 N–H and O–H groups in total. The van der Waals surface area contributed by atoms with Crippen LogP contribution in [-0.2, 0) is 25.0 Å². The highest BCUT2D eigenvalue weighted by molar-refractivity contribution is 7.54. The van der Waals surface area contributed by atoms with E-state index in [1.54, 1.807) is 26.0 Å². The minimum absolute atomic E-state index is 0.151. The Morgan fingerprint density at radius 1 is 0.902 bits per heavy atom. The molecule has 4 fully saturated rings. The van der Waals surface area contributed by atoms with Crippen LogP contribution in [0.1, 0.15) is 69.3 Å². The molecule has 0 saturated heterocycles. The molecule has 1 amide bonds. The number of fused-ring (bicyclic) bond motifs is 1. The molecular formula is C33H41N2O5P. The molecular weight excluding hydrogens is 535 g/mol. The van der Waals surface area contributed by atoms with Crippen LogP contribution in [-0.4, -0.2) is 24.2 Å². The van der Waals surface area contributed by atoms with Gasteiger partial charge in [0.25, 0.3) is 0 Å². The van der Waals surface area contributed by atoms with Gasteiger partial charge in [0.05, 0.1) is 13.2 Å². The third-order valence-corrected chi connectivity index (χ3v) is 11.6. The van der Waals surface area contributed by atoms with Gasteiger partial charge in [-0.2, -0.15) is 0 Å². The zero-order valence-corrected chi connectivity index (χ0v) is 24.9. The van der Waals surface area contributed by atoms with Crippen LogP contribution in [0.15, 0.2) is 60.7 Å². The molecule has 41 heavy (non-hydrogen) atoms. The number of phenolic OH excluding ortho intramolecular Hbond substituents is 1. The molecule has 7 rings (SSSR count). The Hall–Kier alpha value is -2.86. The van der Waals surface area contributed by atoms with E-state index in [9.17, 15) is 14.5 Å². The molecule has 7 nitrogen and oxygen atoms in total. The van der Waals surface area contributed by atoms with Crippen LogP contribution in [0.25, 0.3) is 10.8 Å². The van der Waals surface area contributed by atoms with Gasteiger partial charge in [-0.25, -0.2) is 0 Å². The van der Waals surface area contributed by atoms with Crippen molar-refractivity contribution in [3.05, 3.63) is 71.8 Å². The number of carbonyl (C=O) groups excluding carboxylic acids is 1. The van der Waals surface area contributed by atoms with E-state index in [1.165, 1.54) is 19.3 Å². The molecule has 1 unspecified atom stereocenters. The fourth-order valence-corrected chi connectivity index (χ4v) is 9.87. The molecule has 4 bridgehead atoms. The van der Waals surface area contributed by atoms with E-state index in [1.807, 2.05) is 48.5 Å². The number of rotatable bonds is 11. The average molecular weight is 577 g/mol. The number of nitrogens with one attached hydrogen (secondary N) is 2. The molecule has 8 heteroatoms. The fourth-order valence-electron chi connectivity index (χ4n) is 7.95. The Bertz CT molecular complexity index is 1410. The lowest BCUT2D eigenvalue weighted by Gasteiger charge is -2.55. The standard InChI is InChI=1S/C33H41N2O5P/c1-3-39-41(38,40-4-2)31(28-8-7-27-17-30(36)12-9-26(27)16-28)35-29-10-5-22(6-11-29)21-34-32(37)33-18-23-13-24(19-33)15-25(14-23)20-33/h5-12,16-17,23-25,31,35-36H,3-4,13-15,18-21H2,1-2H3,(H,34,37). The summed E-state index contributed by atoms with van der Waals surface area (Å²) in [5.74, 6) is 1.92. The molecule has 0 aromatic heterocycles. The van der Waals surface area contributed by atoms with E-state index in [0.717, 1.165) is 64.6 Å². The topological polar surface area (TPSA) is 96.9 Å². The minimum atomic E-state index is -3.59. The van der Waals surface area contributed by atoms with Gasteiger partial charge in [0.2, 0.25) is 5.91 Å². The van der Waals surface area contributed by atoms with E-state index in [0.29, 0.717) is 6.54 Å². The molecule has 4 saturated carbocycles. The molecule has 0 heterocycles. The van der Waals surface area contributed by atoms with Gasteiger partial charge in [-0.15, -0.1) is 0 Å². The number of carbonyl (C=O) groups is 1. The predicted molar refractivity (Wildman–Crippen MR) is 162 cm³/mol. The highest BCUT2D eigenvalue weighted by Gasteiger charge is 2.54. The minimum Gasteiger partial charge on any atom is -0.508 e. The monoisotopic (exact) mass is 576 g/mol. The molecule has 3 aromatic carbocycles. The molecule has 218 valence electrons. The summed E-state index contributed by atoms with van der Waals surface area (Å²) in [6, 6.07) is 18.8. The van der Waals surface area contributed by atoms with Gasteiger partial charge in [0.1, 0.15) is 5.75 Å². The highest BCUT2D eigenvalue weighted by atomic mass is 31.2. The second-order valence-electron chi connectivity index (χ2n) is 12.3. The van der Waals surface area contributed by atoms with E-state index in [4.69, 9.17) is 9.05 Å². The van der Waals surface area contributed by atoms with Crippen molar-refractivity contribution in [2.45, 2.75) is 64.7 Å². The van der Waals surface area contributed by atoms with Gasteiger partial charge in [-0.1, -0.05) is 30.3 Å². The van der Waals surface area contributed by atoms with Crippen molar-refractivity contribution >= 4 is 30.0 Å². The molecule has 0 radical (unpaired) electrons.